The van der Waals surface area contributed by atoms with Crippen LogP contribution in [0.1, 0.15) is 13.8 Å². The van der Waals surface area contributed by atoms with Gasteiger partial charge in [0.2, 0.25) is 0 Å². The number of aromatic nitrogens is 1. The van der Waals surface area contributed by atoms with Crippen molar-refractivity contribution in [3.63, 3.8) is 0 Å². The van der Waals surface area contributed by atoms with E-state index in [1.165, 1.54) is 0 Å². The fourth-order valence-electron chi connectivity index (χ4n) is 1.32. The molecule has 1 heterocycles. The van der Waals surface area contributed by atoms with Crippen molar-refractivity contribution in [1.29, 1.82) is 0 Å². The van der Waals surface area contributed by atoms with Crippen LogP contribution in [0, 0.1) is 5.92 Å². The fraction of sp³-hybridized carbons (Fsp3) is 0.545. The van der Waals surface area contributed by atoms with E-state index in [0.717, 1.165) is 5.69 Å². The summed E-state index contributed by atoms with van der Waals surface area (Å²) in [6.45, 7) is 4.94. The van der Waals surface area contributed by atoms with Crippen LogP contribution in [-0.4, -0.2) is 24.7 Å². The molecule has 0 aliphatic carbocycles. The van der Waals surface area contributed by atoms with Gasteiger partial charge in [0, 0.05) is 13.3 Å². The molecule has 0 radical (unpaired) electrons. The molecule has 1 aromatic rings. The van der Waals surface area contributed by atoms with E-state index >= 15 is 0 Å². The Hall–Kier alpha value is -1.29. The standard InChI is InChI=1S/C11H19N3O/c1-8(2)10(7-15-3)14-9-5-4-6-13-11(9)12/h4-6,8,10,14H,7H2,1-3H3,(H2,12,13). The van der Waals surface area contributed by atoms with Gasteiger partial charge in [-0.1, -0.05) is 13.8 Å². The summed E-state index contributed by atoms with van der Waals surface area (Å²) in [5.41, 5.74) is 6.62. The van der Waals surface area contributed by atoms with Gasteiger partial charge in [-0.2, -0.15) is 0 Å². The molecule has 1 aromatic heterocycles. The SMILES string of the molecule is COCC(Nc1cccnc1N)C(C)C. The zero-order chi connectivity index (χ0) is 11.3. The first-order valence-corrected chi connectivity index (χ1v) is 5.11. The Balaban J connectivity index is 2.69. The molecule has 4 nitrogen and oxygen atoms in total. The molecule has 0 spiro atoms. The summed E-state index contributed by atoms with van der Waals surface area (Å²) in [4.78, 5) is 4.03. The molecule has 0 saturated heterocycles. The highest BCUT2D eigenvalue weighted by Gasteiger charge is 2.13. The summed E-state index contributed by atoms with van der Waals surface area (Å²) in [6.07, 6.45) is 1.68. The lowest BCUT2D eigenvalue weighted by Crippen LogP contribution is -2.30. The zero-order valence-corrected chi connectivity index (χ0v) is 9.53. The number of hydrogen-bond donors (Lipinski definition) is 2. The summed E-state index contributed by atoms with van der Waals surface area (Å²) in [7, 11) is 1.70. The van der Waals surface area contributed by atoms with Gasteiger partial charge >= 0.3 is 0 Å². The molecule has 0 saturated carbocycles. The average Bonchev–Trinajstić information content (AvgIpc) is 2.20. The lowest BCUT2D eigenvalue weighted by Gasteiger charge is -2.23. The van der Waals surface area contributed by atoms with Crippen molar-refractivity contribution in [1.82, 2.24) is 4.98 Å². The van der Waals surface area contributed by atoms with Gasteiger partial charge in [0.15, 0.2) is 0 Å². The maximum atomic E-state index is 5.75. The van der Waals surface area contributed by atoms with Gasteiger partial charge in [0.1, 0.15) is 5.82 Å². The lowest BCUT2D eigenvalue weighted by atomic mass is 10.1. The molecule has 0 aromatic carbocycles. The molecule has 0 bridgehead atoms. The quantitative estimate of drug-likeness (QED) is 0.775. The number of hydrogen-bond acceptors (Lipinski definition) is 4. The van der Waals surface area contributed by atoms with Crippen LogP contribution in [0.4, 0.5) is 11.5 Å². The van der Waals surface area contributed by atoms with E-state index in [1.54, 1.807) is 13.3 Å². The van der Waals surface area contributed by atoms with Crippen molar-refractivity contribution < 1.29 is 4.74 Å². The predicted molar refractivity (Wildman–Crippen MR) is 62.8 cm³/mol. The fourth-order valence-corrected chi connectivity index (χ4v) is 1.32. The van der Waals surface area contributed by atoms with E-state index in [0.29, 0.717) is 18.3 Å². The molecule has 1 rings (SSSR count). The minimum absolute atomic E-state index is 0.251. The molecular weight excluding hydrogens is 190 g/mol. The highest BCUT2D eigenvalue weighted by atomic mass is 16.5. The van der Waals surface area contributed by atoms with Crippen molar-refractivity contribution in [2.24, 2.45) is 5.92 Å². The first kappa shape index (κ1) is 11.8. The first-order chi connectivity index (χ1) is 7.15. The molecular formula is C11H19N3O. The summed E-state index contributed by atoms with van der Waals surface area (Å²) in [6, 6.07) is 4.04. The van der Waals surface area contributed by atoms with E-state index in [9.17, 15) is 0 Å². The van der Waals surface area contributed by atoms with Gasteiger partial charge in [-0.15, -0.1) is 0 Å². The third-order valence-electron chi connectivity index (χ3n) is 2.33. The van der Waals surface area contributed by atoms with Crippen molar-refractivity contribution in [3.05, 3.63) is 18.3 Å². The summed E-state index contributed by atoms with van der Waals surface area (Å²) >= 11 is 0. The van der Waals surface area contributed by atoms with E-state index in [2.05, 4.69) is 24.1 Å². The maximum absolute atomic E-state index is 5.75. The van der Waals surface area contributed by atoms with Crippen LogP contribution in [-0.2, 0) is 4.74 Å². The molecule has 0 aliphatic heterocycles. The second kappa shape index (κ2) is 5.56. The Morgan fingerprint density at radius 2 is 2.27 bits per heavy atom. The Kier molecular flexibility index (Phi) is 4.37. The third-order valence-corrected chi connectivity index (χ3v) is 2.33. The molecule has 84 valence electrons. The summed E-state index contributed by atoms with van der Waals surface area (Å²) in [5, 5.41) is 3.34. The second-order valence-corrected chi connectivity index (χ2v) is 3.89. The summed E-state index contributed by atoms with van der Waals surface area (Å²) in [5.74, 6) is 1.00. The van der Waals surface area contributed by atoms with Crippen LogP contribution < -0.4 is 11.1 Å². The van der Waals surface area contributed by atoms with Crippen molar-refractivity contribution in [2.45, 2.75) is 19.9 Å². The van der Waals surface area contributed by atoms with E-state index in [4.69, 9.17) is 10.5 Å². The zero-order valence-electron chi connectivity index (χ0n) is 9.53. The minimum atomic E-state index is 0.251. The minimum Gasteiger partial charge on any atom is -0.383 e. The van der Waals surface area contributed by atoms with Gasteiger partial charge in [0.25, 0.3) is 0 Å². The molecule has 0 amide bonds. The van der Waals surface area contributed by atoms with Crippen LogP contribution in [0.2, 0.25) is 0 Å². The number of pyridine rings is 1. The van der Waals surface area contributed by atoms with Gasteiger partial charge in [-0.3, -0.25) is 0 Å². The van der Waals surface area contributed by atoms with Gasteiger partial charge < -0.3 is 15.8 Å². The predicted octanol–water partition coefficient (Wildman–Crippen LogP) is 1.75. The van der Waals surface area contributed by atoms with Crippen molar-refractivity contribution in [3.8, 4) is 0 Å². The molecule has 4 heteroatoms. The number of anilines is 2. The lowest BCUT2D eigenvalue weighted by molar-refractivity contribution is 0.171. The van der Waals surface area contributed by atoms with Crippen molar-refractivity contribution in [2.75, 3.05) is 24.8 Å². The van der Waals surface area contributed by atoms with Crippen molar-refractivity contribution >= 4 is 11.5 Å². The number of nitrogen functional groups attached to an aromatic ring is 1. The average molecular weight is 209 g/mol. The number of rotatable bonds is 5. The molecule has 15 heavy (non-hydrogen) atoms. The van der Waals surface area contributed by atoms with Crippen LogP contribution in [0.5, 0.6) is 0 Å². The van der Waals surface area contributed by atoms with Crippen LogP contribution >= 0.6 is 0 Å². The number of methoxy groups -OCH3 is 1. The van der Waals surface area contributed by atoms with Crippen LogP contribution in [0.3, 0.4) is 0 Å². The van der Waals surface area contributed by atoms with Gasteiger partial charge in [0.05, 0.1) is 18.3 Å². The van der Waals surface area contributed by atoms with E-state index in [1.807, 2.05) is 12.1 Å². The molecule has 3 N–H and O–H groups in total. The first-order valence-electron chi connectivity index (χ1n) is 5.11. The topological polar surface area (TPSA) is 60.2 Å². The Bertz CT molecular complexity index is 302. The molecule has 0 aliphatic rings. The Morgan fingerprint density at radius 3 is 2.80 bits per heavy atom. The number of nitrogens with zero attached hydrogens (tertiary/aromatic N) is 1. The highest BCUT2D eigenvalue weighted by molar-refractivity contribution is 5.61. The Morgan fingerprint density at radius 1 is 1.53 bits per heavy atom. The van der Waals surface area contributed by atoms with E-state index < -0.39 is 0 Å². The third kappa shape index (κ3) is 3.40. The van der Waals surface area contributed by atoms with Gasteiger partial charge in [-0.25, -0.2) is 4.98 Å². The normalized spacial score (nSPS) is 12.8. The Labute approximate surface area is 90.8 Å². The molecule has 1 atom stereocenters. The van der Waals surface area contributed by atoms with Crippen LogP contribution in [0.25, 0.3) is 0 Å². The number of nitrogens with one attached hydrogen (secondary N) is 1. The summed E-state index contributed by atoms with van der Waals surface area (Å²) < 4.78 is 5.15. The smallest absolute Gasteiger partial charge is 0.146 e. The molecule has 1 unspecified atom stereocenters. The van der Waals surface area contributed by atoms with Crippen LogP contribution in [0.15, 0.2) is 18.3 Å². The van der Waals surface area contributed by atoms with Gasteiger partial charge in [-0.05, 0) is 18.1 Å². The number of nitrogens with two attached hydrogens (primary N) is 1. The monoisotopic (exact) mass is 209 g/mol. The second-order valence-electron chi connectivity index (χ2n) is 3.89. The largest absolute Gasteiger partial charge is 0.383 e. The number of ether oxygens (including phenoxy) is 1. The van der Waals surface area contributed by atoms with E-state index in [-0.39, 0.29) is 6.04 Å². The highest BCUT2D eigenvalue weighted by Crippen LogP contribution is 2.17. The molecule has 0 fully saturated rings. The maximum Gasteiger partial charge on any atom is 0.146 e.